The number of benzene rings is 1. The van der Waals surface area contributed by atoms with Crippen LogP contribution in [0.5, 0.6) is 0 Å². The Kier molecular flexibility index (Phi) is 5.94. The summed E-state index contributed by atoms with van der Waals surface area (Å²) in [6.07, 6.45) is 0. The molecule has 0 fully saturated rings. The number of carbonyl (C=O) groups is 1. The van der Waals surface area contributed by atoms with Gasteiger partial charge in [0.15, 0.2) is 11.5 Å². The smallest absolute Gasteiger partial charge is 0.325 e. The minimum Gasteiger partial charge on any atom is -0.325 e. The number of nitrogens with zero attached hydrogens (tertiary/aromatic N) is 4. The number of rotatable bonds is 5. The predicted octanol–water partition coefficient (Wildman–Crippen LogP) is 3.14. The summed E-state index contributed by atoms with van der Waals surface area (Å²) in [5.74, 6) is 0.121. The van der Waals surface area contributed by atoms with Gasteiger partial charge in [-0.2, -0.15) is 0 Å². The summed E-state index contributed by atoms with van der Waals surface area (Å²) in [6, 6.07) is 10.5. The van der Waals surface area contributed by atoms with Crippen molar-refractivity contribution in [2.45, 2.75) is 5.03 Å². The molecule has 0 spiro atoms. The fourth-order valence-electron chi connectivity index (χ4n) is 2.95. The number of hydrogen-bond donors (Lipinski definition) is 1. The Morgan fingerprint density at radius 2 is 1.97 bits per heavy atom. The highest BCUT2D eigenvalue weighted by Gasteiger charge is 2.19. The van der Waals surface area contributed by atoms with Gasteiger partial charge >= 0.3 is 5.69 Å². The molecule has 11 heteroatoms. The van der Waals surface area contributed by atoms with E-state index in [2.05, 4.69) is 15.3 Å². The van der Waals surface area contributed by atoms with Crippen LogP contribution in [0.15, 0.2) is 56.4 Å². The standard InChI is InChI=1S/C20H16ClN5O3S2/c1-25-17-15(19(28)26(2)20(25)29)18(24-16(23-17)13-7-4-8-30-13)31-10-14(27)22-12-6-3-5-11(21)9-12/h3-9H,10H2,1-2H3,(H,22,27). The van der Waals surface area contributed by atoms with Gasteiger partial charge in [0.25, 0.3) is 5.56 Å². The Morgan fingerprint density at radius 3 is 2.68 bits per heavy atom. The van der Waals surface area contributed by atoms with E-state index in [1.54, 1.807) is 31.3 Å². The van der Waals surface area contributed by atoms with Gasteiger partial charge in [-0.05, 0) is 29.6 Å². The second-order valence-corrected chi connectivity index (χ2v) is 8.93. The zero-order chi connectivity index (χ0) is 22.1. The van der Waals surface area contributed by atoms with Crippen molar-refractivity contribution in [2.75, 3.05) is 11.1 Å². The van der Waals surface area contributed by atoms with E-state index in [0.29, 0.717) is 21.6 Å². The van der Waals surface area contributed by atoms with Gasteiger partial charge in [-0.3, -0.25) is 18.7 Å². The maximum absolute atomic E-state index is 12.8. The molecule has 3 heterocycles. The summed E-state index contributed by atoms with van der Waals surface area (Å²) in [6.45, 7) is 0. The minimum atomic E-state index is -0.506. The molecule has 1 amide bonds. The van der Waals surface area contributed by atoms with E-state index >= 15 is 0 Å². The minimum absolute atomic E-state index is 0.00843. The third-order valence-electron chi connectivity index (χ3n) is 4.46. The van der Waals surface area contributed by atoms with Crippen LogP contribution in [0.1, 0.15) is 0 Å². The summed E-state index contributed by atoms with van der Waals surface area (Å²) in [7, 11) is 2.95. The number of hydrogen-bond acceptors (Lipinski definition) is 7. The summed E-state index contributed by atoms with van der Waals surface area (Å²) in [4.78, 5) is 47.5. The van der Waals surface area contributed by atoms with Gasteiger partial charge in [-0.25, -0.2) is 14.8 Å². The molecular formula is C20H16ClN5O3S2. The first-order valence-electron chi connectivity index (χ1n) is 9.05. The van der Waals surface area contributed by atoms with Crippen molar-refractivity contribution in [1.82, 2.24) is 19.1 Å². The van der Waals surface area contributed by atoms with E-state index in [1.807, 2.05) is 17.5 Å². The van der Waals surface area contributed by atoms with Crippen LogP contribution in [0.2, 0.25) is 5.02 Å². The number of thiophene rings is 1. The second kappa shape index (κ2) is 8.66. The summed E-state index contributed by atoms with van der Waals surface area (Å²) in [5, 5.41) is 5.70. The molecule has 0 saturated heterocycles. The first-order chi connectivity index (χ1) is 14.8. The lowest BCUT2D eigenvalue weighted by atomic mass is 10.3. The molecule has 8 nitrogen and oxygen atoms in total. The second-order valence-electron chi connectivity index (χ2n) is 6.58. The summed E-state index contributed by atoms with van der Waals surface area (Å²) >= 11 is 8.51. The molecule has 0 aliphatic carbocycles. The van der Waals surface area contributed by atoms with Crippen LogP contribution < -0.4 is 16.6 Å². The lowest BCUT2D eigenvalue weighted by Gasteiger charge is -2.11. The third-order valence-corrected chi connectivity index (χ3v) is 6.53. The number of thioether (sulfide) groups is 1. The van der Waals surface area contributed by atoms with Crippen molar-refractivity contribution >= 4 is 57.3 Å². The zero-order valence-corrected chi connectivity index (χ0v) is 18.8. The topological polar surface area (TPSA) is 98.9 Å². The van der Waals surface area contributed by atoms with Crippen molar-refractivity contribution < 1.29 is 4.79 Å². The first kappa shape index (κ1) is 21.3. The van der Waals surface area contributed by atoms with Gasteiger partial charge in [-0.15, -0.1) is 11.3 Å². The molecule has 0 aliphatic rings. The van der Waals surface area contributed by atoms with Crippen molar-refractivity contribution in [1.29, 1.82) is 0 Å². The highest BCUT2D eigenvalue weighted by molar-refractivity contribution is 8.00. The van der Waals surface area contributed by atoms with Gasteiger partial charge < -0.3 is 5.32 Å². The monoisotopic (exact) mass is 473 g/mol. The fraction of sp³-hybridized carbons (Fsp3) is 0.150. The van der Waals surface area contributed by atoms with Crippen molar-refractivity contribution in [2.24, 2.45) is 14.1 Å². The van der Waals surface area contributed by atoms with Crippen LogP contribution in [0.25, 0.3) is 21.7 Å². The predicted molar refractivity (Wildman–Crippen MR) is 124 cm³/mol. The van der Waals surface area contributed by atoms with Crippen LogP contribution in [-0.4, -0.2) is 30.8 Å². The van der Waals surface area contributed by atoms with E-state index in [-0.39, 0.29) is 22.7 Å². The molecule has 0 saturated carbocycles. The Bertz CT molecular complexity index is 1410. The Balaban J connectivity index is 1.74. The molecule has 0 atom stereocenters. The molecular weight excluding hydrogens is 458 g/mol. The van der Waals surface area contributed by atoms with Crippen LogP contribution in [0, 0.1) is 0 Å². The number of amides is 1. The number of nitrogens with one attached hydrogen (secondary N) is 1. The van der Waals surface area contributed by atoms with E-state index in [1.165, 1.54) is 23.0 Å². The van der Waals surface area contributed by atoms with Crippen molar-refractivity contribution in [3.05, 3.63) is 67.6 Å². The van der Waals surface area contributed by atoms with Gasteiger partial charge in [-0.1, -0.05) is 35.5 Å². The quantitative estimate of drug-likeness (QED) is 0.353. The molecule has 158 valence electrons. The number of carbonyl (C=O) groups excluding carboxylic acids is 1. The molecule has 1 N–H and O–H groups in total. The Hall–Kier alpha value is -2.95. The molecule has 31 heavy (non-hydrogen) atoms. The molecule has 3 aromatic heterocycles. The van der Waals surface area contributed by atoms with Gasteiger partial charge in [0.2, 0.25) is 5.91 Å². The normalized spacial score (nSPS) is 11.1. The average molecular weight is 474 g/mol. The lowest BCUT2D eigenvalue weighted by Crippen LogP contribution is -2.37. The van der Waals surface area contributed by atoms with E-state index < -0.39 is 11.2 Å². The molecule has 4 rings (SSSR count). The molecule has 0 radical (unpaired) electrons. The summed E-state index contributed by atoms with van der Waals surface area (Å²) in [5.41, 5.74) is -0.191. The average Bonchev–Trinajstić information content (AvgIpc) is 3.29. The van der Waals surface area contributed by atoms with E-state index in [9.17, 15) is 14.4 Å². The Labute approximate surface area is 189 Å². The molecule has 4 aromatic rings. The number of aromatic nitrogens is 4. The number of fused-ring (bicyclic) bond motifs is 1. The molecule has 0 bridgehead atoms. The highest BCUT2D eigenvalue weighted by atomic mass is 35.5. The highest BCUT2D eigenvalue weighted by Crippen LogP contribution is 2.28. The zero-order valence-electron chi connectivity index (χ0n) is 16.5. The Morgan fingerprint density at radius 1 is 1.16 bits per heavy atom. The largest absolute Gasteiger partial charge is 0.332 e. The lowest BCUT2D eigenvalue weighted by molar-refractivity contribution is -0.113. The SMILES string of the molecule is Cn1c(=O)c2c(SCC(=O)Nc3cccc(Cl)c3)nc(-c3cccs3)nc2n(C)c1=O. The van der Waals surface area contributed by atoms with Crippen molar-refractivity contribution in [3.8, 4) is 10.7 Å². The van der Waals surface area contributed by atoms with Gasteiger partial charge in [0.1, 0.15) is 10.4 Å². The molecule has 1 aromatic carbocycles. The van der Waals surface area contributed by atoms with Crippen LogP contribution >= 0.6 is 34.7 Å². The number of halogens is 1. The maximum atomic E-state index is 12.8. The number of aryl methyl sites for hydroxylation is 1. The van der Waals surface area contributed by atoms with Crippen molar-refractivity contribution in [3.63, 3.8) is 0 Å². The van der Waals surface area contributed by atoms with E-state index in [0.717, 1.165) is 21.2 Å². The van der Waals surface area contributed by atoms with Crippen LogP contribution in [0.3, 0.4) is 0 Å². The number of anilines is 1. The maximum Gasteiger partial charge on any atom is 0.332 e. The van der Waals surface area contributed by atoms with Crippen LogP contribution in [0.4, 0.5) is 5.69 Å². The van der Waals surface area contributed by atoms with Gasteiger partial charge in [0.05, 0.1) is 10.6 Å². The van der Waals surface area contributed by atoms with Gasteiger partial charge in [0, 0.05) is 24.8 Å². The van der Waals surface area contributed by atoms with Crippen LogP contribution in [-0.2, 0) is 18.9 Å². The molecule has 0 aliphatic heterocycles. The molecule has 0 unspecified atom stereocenters. The summed E-state index contributed by atoms with van der Waals surface area (Å²) < 4.78 is 2.32. The first-order valence-corrected chi connectivity index (χ1v) is 11.3. The fourth-order valence-corrected chi connectivity index (χ4v) is 4.61. The third kappa shape index (κ3) is 4.27. The van der Waals surface area contributed by atoms with E-state index in [4.69, 9.17) is 11.6 Å².